The van der Waals surface area contributed by atoms with Gasteiger partial charge in [0.05, 0.1) is 5.71 Å². The summed E-state index contributed by atoms with van der Waals surface area (Å²) in [5, 5.41) is 18.7. The van der Waals surface area contributed by atoms with Crippen LogP contribution in [0.3, 0.4) is 0 Å². The monoisotopic (exact) mass is 231 g/mol. The number of hydrogen-bond acceptors (Lipinski definition) is 3. The lowest BCUT2D eigenvalue weighted by Gasteiger charge is -2.18. The molecule has 4 heteroatoms. The summed E-state index contributed by atoms with van der Waals surface area (Å²) in [5.41, 5.74) is 2.14. The van der Waals surface area contributed by atoms with Gasteiger partial charge in [0.15, 0.2) is 0 Å². The summed E-state index contributed by atoms with van der Waals surface area (Å²) in [4.78, 5) is 14.9. The largest absolute Gasteiger partial charge is 0.480 e. The van der Waals surface area contributed by atoms with E-state index >= 15 is 0 Å². The first-order chi connectivity index (χ1) is 8.09. The second kappa shape index (κ2) is 4.51. The van der Waals surface area contributed by atoms with E-state index in [9.17, 15) is 9.90 Å². The molecule has 0 saturated heterocycles. The summed E-state index contributed by atoms with van der Waals surface area (Å²) in [5.74, 6) is -1.00. The fourth-order valence-corrected chi connectivity index (χ4v) is 1.73. The molecule has 0 aromatic heterocycles. The van der Waals surface area contributed by atoms with Gasteiger partial charge in [-0.3, -0.25) is 4.99 Å². The molecule has 1 aliphatic rings. The minimum Gasteiger partial charge on any atom is -0.480 e. The third-order valence-corrected chi connectivity index (χ3v) is 2.67. The zero-order valence-electron chi connectivity index (χ0n) is 9.37. The van der Waals surface area contributed by atoms with Crippen LogP contribution in [0.1, 0.15) is 18.1 Å². The second-order valence-corrected chi connectivity index (χ2v) is 3.92. The Bertz CT molecular complexity index is 505. The van der Waals surface area contributed by atoms with Crippen molar-refractivity contribution in [2.75, 3.05) is 0 Å². The molecule has 1 aromatic rings. The van der Waals surface area contributed by atoms with Crippen LogP contribution in [0.25, 0.3) is 6.08 Å². The lowest BCUT2D eigenvalue weighted by molar-refractivity contribution is -0.137. The van der Waals surface area contributed by atoms with Gasteiger partial charge in [0, 0.05) is 5.56 Å². The van der Waals surface area contributed by atoms with E-state index in [1.807, 2.05) is 30.3 Å². The lowest BCUT2D eigenvalue weighted by Crippen LogP contribution is -2.26. The molecule has 0 fully saturated rings. The zero-order chi connectivity index (χ0) is 12.4. The van der Waals surface area contributed by atoms with Crippen molar-refractivity contribution in [1.82, 2.24) is 0 Å². The molecular formula is C13H13NO3. The minimum atomic E-state index is -1.00. The maximum absolute atomic E-state index is 10.8. The number of aliphatic carboxylic acids is 1. The van der Waals surface area contributed by atoms with E-state index in [4.69, 9.17) is 5.11 Å². The molecule has 0 heterocycles. The molecule has 4 nitrogen and oxygen atoms in total. The first kappa shape index (κ1) is 11.5. The number of aliphatic imine (C=N–C) groups is 1. The van der Waals surface area contributed by atoms with Gasteiger partial charge in [-0.15, -0.1) is 0 Å². The molecule has 0 amide bonds. The number of hydrogen-bond donors (Lipinski definition) is 2. The van der Waals surface area contributed by atoms with Gasteiger partial charge in [-0.05, 0) is 18.6 Å². The average molecular weight is 231 g/mol. The van der Waals surface area contributed by atoms with E-state index < -0.39 is 18.1 Å². The van der Waals surface area contributed by atoms with Crippen molar-refractivity contribution < 1.29 is 15.0 Å². The lowest BCUT2D eigenvalue weighted by atomic mass is 9.93. The number of rotatable bonds is 2. The van der Waals surface area contributed by atoms with Crippen molar-refractivity contribution in [2.24, 2.45) is 4.99 Å². The Morgan fingerprint density at radius 2 is 2.12 bits per heavy atom. The van der Waals surface area contributed by atoms with Crippen LogP contribution in [0.15, 0.2) is 35.3 Å². The van der Waals surface area contributed by atoms with Gasteiger partial charge in [0.25, 0.3) is 0 Å². The molecule has 1 aliphatic carbocycles. The van der Waals surface area contributed by atoms with Gasteiger partial charge in [0.2, 0.25) is 0 Å². The molecule has 0 bridgehead atoms. The highest BCUT2D eigenvalue weighted by molar-refractivity contribution is 6.10. The maximum atomic E-state index is 10.8. The van der Waals surface area contributed by atoms with Crippen LogP contribution in [0.5, 0.6) is 0 Å². The number of carbonyl (C=O) groups is 1. The molecule has 0 spiro atoms. The van der Waals surface area contributed by atoms with Gasteiger partial charge in [-0.1, -0.05) is 30.3 Å². The third-order valence-electron chi connectivity index (χ3n) is 2.67. The molecule has 1 aromatic carbocycles. The van der Waals surface area contributed by atoms with Crippen LogP contribution in [0.2, 0.25) is 0 Å². The van der Waals surface area contributed by atoms with Crippen molar-refractivity contribution in [1.29, 1.82) is 0 Å². The standard InChI is InChI=1S/C13H13NO3/c1-8(13(16)17)14-12-10-5-3-2-4-9(10)6-7-11(12)15/h2-8,11,15H,1H3,(H,16,17). The van der Waals surface area contributed by atoms with Crippen molar-refractivity contribution in [3.63, 3.8) is 0 Å². The number of benzene rings is 1. The SMILES string of the molecule is CC(N=C1c2ccccc2C=CC1O)C(=O)O. The molecule has 88 valence electrons. The molecular weight excluding hydrogens is 218 g/mol. The number of aliphatic hydroxyl groups is 1. The Labute approximate surface area is 98.9 Å². The molecule has 0 aliphatic heterocycles. The van der Waals surface area contributed by atoms with Gasteiger partial charge >= 0.3 is 5.97 Å². The second-order valence-electron chi connectivity index (χ2n) is 3.92. The van der Waals surface area contributed by atoms with Crippen LogP contribution >= 0.6 is 0 Å². The van der Waals surface area contributed by atoms with E-state index in [1.54, 1.807) is 6.08 Å². The molecule has 0 radical (unpaired) electrons. The number of nitrogens with zero attached hydrogens (tertiary/aromatic N) is 1. The van der Waals surface area contributed by atoms with Crippen molar-refractivity contribution >= 4 is 17.8 Å². The first-order valence-corrected chi connectivity index (χ1v) is 5.36. The number of carboxylic acid groups (broad SMARTS) is 1. The fourth-order valence-electron chi connectivity index (χ4n) is 1.73. The van der Waals surface area contributed by atoms with Crippen LogP contribution in [-0.2, 0) is 4.79 Å². The highest BCUT2D eigenvalue weighted by Gasteiger charge is 2.21. The van der Waals surface area contributed by atoms with E-state index in [0.29, 0.717) is 5.71 Å². The first-order valence-electron chi connectivity index (χ1n) is 5.36. The summed E-state index contributed by atoms with van der Waals surface area (Å²) in [6.45, 7) is 1.49. The fraction of sp³-hybridized carbons (Fsp3) is 0.231. The summed E-state index contributed by atoms with van der Waals surface area (Å²) in [6.07, 6.45) is 2.58. The van der Waals surface area contributed by atoms with Crippen molar-refractivity contribution in [3.8, 4) is 0 Å². The van der Waals surface area contributed by atoms with Crippen molar-refractivity contribution in [3.05, 3.63) is 41.5 Å². The summed E-state index contributed by atoms with van der Waals surface area (Å²) in [6, 6.07) is 6.60. The average Bonchev–Trinajstić information content (AvgIpc) is 2.32. The number of fused-ring (bicyclic) bond motifs is 1. The van der Waals surface area contributed by atoms with Gasteiger partial charge in [-0.2, -0.15) is 0 Å². The summed E-state index contributed by atoms with van der Waals surface area (Å²) >= 11 is 0. The Hall–Kier alpha value is -1.94. The van der Waals surface area contributed by atoms with E-state index in [1.165, 1.54) is 6.92 Å². The molecule has 2 N–H and O–H groups in total. The van der Waals surface area contributed by atoms with Gasteiger partial charge < -0.3 is 10.2 Å². The van der Waals surface area contributed by atoms with Crippen LogP contribution in [-0.4, -0.2) is 34.0 Å². The minimum absolute atomic E-state index is 0.415. The maximum Gasteiger partial charge on any atom is 0.328 e. The summed E-state index contributed by atoms with van der Waals surface area (Å²) in [7, 11) is 0. The van der Waals surface area contributed by atoms with E-state index in [2.05, 4.69) is 4.99 Å². The zero-order valence-corrected chi connectivity index (χ0v) is 9.37. The summed E-state index contributed by atoms with van der Waals surface area (Å²) < 4.78 is 0. The Kier molecular flexibility index (Phi) is 3.06. The van der Waals surface area contributed by atoms with E-state index in [-0.39, 0.29) is 0 Å². The Morgan fingerprint density at radius 3 is 2.82 bits per heavy atom. The highest BCUT2D eigenvalue weighted by atomic mass is 16.4. The van der Waals surface area contributed by atoms with Crippen molar-refractivity contribution in [2.45, 2.75) is 19.1 Å². The third kappa shape index (κ3) is 2.26. The topological polar surface area (TPSA) is 69.9 Å². The van der Waals surface area contributed by atoms with E-state index in [0.717, 1.165) is 11.1 Å². The highest BCUT2D eigenvalue weighted by Crippen LogP contribution is 2.20. The predicted molar refractivity (Wildman–Crippen MR) is 65.1 cm³/mol. The quantitative estimate of drug-likeness (QED) is 0.806. The van der Waals surface area contributed by atoms with Gasteiger partial charge in [-0.25, -0.2) is 4.79 Å². The normalized spacial score (nSPS) is 22.2. The molecule has 0 saturated carbocycles. The Balaban J connectivity index is 2.46. The van der Waals surface area contributed by atoms with Crippen LogP contribution < -0.4 is 0 Å². The molecule has 2 unspecified atom stereocenters. The smallest absolute Gasteiger partial charge is 0.328 e. The Morgan fingerprint density at radius 1 is 1.41 bits per heavy atom. The van der Waals surface area contributed by atoms with Crippen LogP contribution in [0, 0.1) is 0 Å². The molecule has 2 rings (SSSR count). The number of aliphatic hydroxyl groups excluding tert-OH is 1. The molecule has 2 atom stereocenters. The molecule has 17 heavy (non-hydrogen) atoms. The number of carboxylic acids is 1. The van der Waals surface area contributed by atoms with Crippen LogP contribution in [0.4, 0.5) is 0 Å². The van der Waals surface area contributed by atoms with Gasteiger partial charge in [0.1, 0.15) is 12.1 Å². The predicted octanol–water partition coefficient (Wildman–Crippen LogP) is 1.34.